The van der Waals surface area contributed by atoms with Crippen LogP contribution in [0.1, 0.15) is 24.2 Å². The van der Waals surface area contributed by atoms with Crippen LogP contribution in [0.4, 0.5) is 5.69 Å². The zero-order valence-corrected chi connectivity index (χ0v) is 13.6. The highest BCUT2D eigenvalue weighted by atomic mass is 79.9. The van der Waals surface area contributed by atoms with Gasteiger partial charge in [-0.3, -0.25) is 9.69 Å². The molecule has 0 saturated carbocycles. The van der Waals surface area contributed by atoms with Gasteiger partial charge in [-0.2, -0.15) is 0 Å². The molecule has 1 saturated heterocycles. The molecule has 110 valence electrons. The summed E-state index contributed by atoms with van der Waals surface area (Å²) in [5, 5.41) is 9.86. The molecule has 0 aliphatic carbocycles. The molecule has 1 heterocycles. The van der Waals surface area contributed by atoms with Gasteiger partial charge in [-0.05, 0) is 32.0 Å². The van der Waals surface area contributed by atoms with Gasteiger partial charge in [0.25, 0.3) is 0 Å². The number of anilines is 1. The van der Waals surface area contributed by atoms with Crippen LogP contribution in [0.25, 0.3) is 0 Å². The van der Waals surface area contributed by atoms with E-state index < -0.39 is 5.60 Å². The van der Waals surface area contributed by atoms with Crippen LogP contribution >= 0.6 is 15.9 Å². The molecule has 2 rings (SSSR count). The first-order valence-electron chi connectivity index (χ1n) is 6.83. The van der Waals surface area contributed by atoms with E-state index in [2.05, 4.69) is 25.7 Å². The lowest BCUT2D eigenvalue weighted by molar-refractivity contribution is 0.0345. The molecular formula is C15H21BrN2O2. The highest BCUT2D eigenvalue weighted by molar-refractivity contribution is 9.10. The summed E-state index contributed by atoms with van der Waals surface area (Å²) in [6, 6.07) is 5.72. The van der Waals surface area contributed by atoms with Gasteiger partial charge in [-0.15, -0.1) is 0 Å². The second-order valence-corrected chi connectivity index (χ2v) is 6.81. The Labute approximate surface area is 128 Å². The van der Waals surface area contributed by atoms with Crippen LogP contribution in [0.5, 0.6) is 0 Å². The summed E-state index contributed by atoms with van der Waals surface area (Å²) in [6.45, 7) is 7.88. The number of carbonyl (C=O) groups excluding carboxylic acids is 1. The Morgan fingerprint density at radius 2 is 1.95 bits per heavy atom. The Hall–Kier alpha value is -0.910. The Kier molecular flexibility index (Phi) is 4.83. The summed E-state index contributed by atoms with van der Waals surface area (Å²) >= 11 is 3.46. The van der Waals surface area contributed by atoms with Crippen molar-refractivity contribution in [3.63, 3.8) is 0 Å². The van der Waals surface area contributed by atoms with E-state index in [1.807, 2.05) is 32.0 Å². The summed E-state index contributed by atoms with van der Waals surface area (Å²) in [5.41, 5.74) is 1.05. The number of carbonyl (C=O) groups is 1. The van der Waals surface area contributed by atoms with Gasteiger partial charge < -0.3 is 10.0 Å². The first-order valence-corrected chi connectivity index (χ1v) is 7.63. The third-order valence-corrected chi connectivity index (χ3v) is 3.94. The van der Waals surface area contributed by atoms with Crippen molar-refractivity contribution >= 4 is 27.9 Å². The predicted molar refractivity (Wildman–Crippen MR) is 84.5 cm³/mol. The maximum Gasteiger partial charge on any atom is 0.152 e. The van der Waals surface area contributed by atoms with Gasteiger partial charge in [0.1, 0.15) is 0 Å². The van der Waals surface area contributed by atoms with E-state index in [0.717, 1.165) is 48.2 Å². The lowest BCUT2D eigenvalue weighted by Crippen LogP contribution is -2.50. The second-order valence-electron chi connectivity index (χ2n) is 5.90. The minimum atomic E-state index is -0.661. The number of piperazine rings is 1. The van der Waals surface area contributed by atoms with E-state index in [1.54, 1.807) is 0 Å². The standard InChI is InChI=1S/C15H21BrN2O2/c1-15(2,20)11-17-5-7-18(8-6-17)14-9-13(16)4-3-12(14)10-19/h3-4,9-10,20H,5-8,11H2,1-2H3. The molecule has 0 atom stereocenters. The summed E-state index contributed by atoms with van der Waals surface area (Å²) < 4.78 is 0.983. The van der Waals surface area contributed by atoms with E-state index in [1.165, 1.54) is 0 Å². The van der Waals surface area contributed by atoms with Crippen LogP contribution in [-0.2, 0) is 0 Å². The molecule has 0 radical (unpaired) electrons. The summed E-state index contributed by atoms with van der Waals surface area (Å²) in [5.74, 6) is 0. The quantitative estimate of drug-likeness (QED) is 0.853. The van der Waals surface area contributed by atoms with Crippen LogP contribution < -0.4 is 4.90 Å². The topological polar surface area (TPSA) is 43.8 Å². The molecule has 1 fully saturated rings. The number of aliphatic hydroxyl groups is 1. The molecular weight excluding hydrogens is 320 g/mol. The van der Waals surface area contributed by atoms with Gasteiger partial charge in [0.2, 0.25) is 0 Å². The van der Waals surface area contributed by atoms with Crippen LogP contribution in [0.15, 0.2) is 22.7 Å². The van der Waals surface area contributed by atoms with Crippen molar-refractivity contribution < 1.29 is 9.90 Å². The van der Waals surface area contributed by atoms with E-state index >= 15 is 0 Å². The van der Waals surface area contributed by atoms with Gasteiger partial charge in [-0.1, -0.05) is 15.9 Å². The third kappa shape index (κ3) is 4.04. The zero-order valence-electron chi connectivity index (χ0n) is 12.0. The molecule has 0 unspecified atom stereocenters. The molecule has 1 aromatic rings. The van der Waals surface area contributed by atoms with Gasteiger partial charge in [-0.25, -0.2) is 0 Å². The lowest BCUT2D eigenvalue weighted by Gasteiger charge is -2.38. The highest BCUT2D eigenvalue weighted by Gasteiger charge is 2.23. The summed E-state index contributed by atoms with van der Waals surface area (Å²) in [6.07, 6.45) is 0.908. The molecule has 4 nitrogen and oxygen atoms in total. The Morgan fingerprint density at radius 3 is 2.50 bits per heavy atom. The van der Waals surface area contributed by atoms with Crippen molar-refractivity contribution in [3.8, 4) is 0 Å². The molecule has 1 aliphatic rings. The Balaban J connectivity index is 2.04. The number of nitrogens with zero attached hydrogens (tertiary/aromatic N) is 2. The van der Waals surface area contributed by atoms with Crippen molar-refractivity contribution in [1.29, 1.82) is 0 Å². The molecule has 0 spiro atoms. The molecule has 1 aromatic carbocycles. The molecule has 20 heavy (non-hydrogen) atoms. The number of rotatable bonds is 4. The maximum absolute atomic E-state index is 11.1. The Morgan fingerprint density at radius 1 is 1.30 bits per heavy atom. The molecule has 1 aliphatic heterocycles. The number of hydrogen-bond acceptors (Lipinski definition) is 4. The van der Waals surface area contributed by atoms with Crippen LogP contribution in [0, 0.1) is 0 Å². The third-order valence-electron chi connectivity index (χ3n) is 3.44. The maximum atomic E-state index is 11.1. The van der Waals surface area contributed by atoms with Crippen LogP contribution in [0.2, 0.25) is 0 Å². The van der Waals surface area contributed by atoms with Crippen molar-refractivity contribution in [1.82, 2.24) is 4.90 Å². The minimum Gasteiger partial charge on any atom is -0.389 e. The normalized spacial score (nSPS) is 17.3. The van der Waals surface area contributed by atoms with Crippen molar-refractivity contribution in [2.24, 2.45) is 0 Å². The summed E-state index contributed by atoms with van der Waals surface area (Å²) in [7, 11) is 0. The van der Waals surface area contributed by atoms with Gasteiger partial charge in [0.05, 0.1) is 5.60 Å². The molecule has 1 N–H and O–H groups in total. The SMILES string of the molecule is CC(C)(O)CN1CCN(c2cc(Br)ccc2C=O)CC1. The van der Waals surface area contributed by atoms with Crippen molar-refractivity contribution in [3.05, 3.63) is 28.2 Å². The zero-order chi connectivity index (χ0) is 14.8. The largest absolute Gasteiger partial charge is 0.389 e. The lowest BCUT2D eigenvalue weighted by atomic mass is 10.1. The number of benzene rings is 1. The molecule has 0 amide bonds. The monoisotopic (exact) mass is 340 g/mol. The number of halogens is 1. The van der Waals surface area contributed by atoms with E-state index in [9.17, 15) is 9.90 Å². The number of aldehydes is 1. The number of hydrogen-bond donors (Lipinski definition) is 1. The fraction of sp³-hybridized carbons (Fsp3) is 0.533. The number of β-amino-alcohol motifs (C(OH)–C–C–N with tert-alkyl or cyclic N) is 1. The average Bonchev–Trinajstić information content (AvgIpc) is 2.38. The van der Waals surface area contributed by atoms with Crippen LogP contribution in [0.3, 0.4) is 0 Å². The van der Waals surface area contributed by atoms with Gasteiger partial charge in [0, 0.05) is 48.4 Å². The van der Waals surface area contributed by atoms with E-state index in [0.29, 0.717) is 6.54 Å². The van der Waals surface area contributed by atoms with Crippen LogP contribution in [-0.4, -0.2) is 54.6 Å². The summed E-state index contributed by atoms with van der Waals surface area (Å²) in [4.78, 5) is 15.6. The molecule has 5 heteroatoms. The second kappa shape index (κ2) is 6.24. The first-order chi connectivity index (χ1) is 9.39. The smallest absolute Gasteiger partial charge is 0.152 e. The Bertz CT molecular complexity index is 477. The van der Waals surface area contributed by atoms with Gasteiger partial charge in [0.15, 0.2) is 6.29 Å². The van der Waals surface area contributed by atoms with E-state index in [-0.39, 0.29) is 0 Å². The van der Waals surface area contributed by atoms with Crippen molar-refractivity contribution in [2.45, 2.75) is 19.4 Å². The fourth-order valence-electron chi connectivity index (χ4n) is 2.58. The highest BCUT2D eigenvalue weighted by Crippen LogP contribution is 2.25. The van der Waals surface area contributed by atoms with E-state index in [4.69, 9.17) is 0 Å². The predicted octanol–water partition coefficient (Wildman–Crippen LogP) is 2.15. The van der Waals surface area contributed by atoms with Gasteiger partial charge >= 0.3 is 0 Å². The minimum absolute atomic E-state index is 0.661. The molecule has 0 bridgehead atoms. The first kappa shape index (κ1) is 15.5. The fourth-order valence-corrected chi connectivity index (χ4v) is 2.93. The van der Waals surface area contributed by atoms with Crippen molar-refractivity contribution in [2.75, 3.05) is 37.6 Å². The average molecular weight is 341 g/mol. The molecule has 0 aromatic heterocycles.